The molecule has 7 aromatic rings. The molecule has 0 N–H and O–H groups in total. The SMILES string of the molecule is COc1cc(OC)cc(-c2[c]c(-c3cc(-c4ccccc4OC)c(OC)c(OC)c3-c3ccccc3OC)c3nsnc3c2-c2ccc(C#N)cc2)c1. The first-order valence-electron chi connectivity index (χ1n) is 16.5. The maximum Gasteiger partial charge on any atom is 0.169 e. The van der Waals surface area contributed by atoms with Crippen molar-refractivity contribution in [3.63, 3.8) is 0 Å². The Kier molecular flexibility index (Phi) is 9.84. The maximum atomic E-state index is 9.58. The molecule has 10 heteroatoms. The lowest BCUT2D eigenvalue weighted by Crippen LogP contribution is -2.02. The van der Waals surface area contributed by atoms with Crippen molar-refractivity contribution in [2.75, 3.05) is 42.7 Å². The van der Waals surface area contributed by atoms with Crippen LogP contribution in [0.4, 0.5) is 0 Å². The molecule has 1 aromatic heterocycles. The van der Waals surface area contributed by atoms with Gasteiger partial charge >= 0.3 is 0 Å². The maximum absolute atomic E-state index is 9.58. The fraction of sp³-hybridized carbons (Fsp3) is 0.140. The van der Waals surface area contributed by atoms with Crippen molar-refractivity contribution in [3.8, 4) is 96.2 Å². The minimum Gasteiger partial charge on any atom is -0.497 e. The highest BCUT2D eigenvalue weighted by Crippen LogP contribution is 2.55. The lowest BCUT2D eigenvalue weighted by atomic mass is 9.84. The van der Waals surface area contributed by atoms with Crippen LogP contribution in [0.2, 0.25) is 0 Å². The fourth-order valence-corrected chi connectivity index (χ4v) is 7.22. The molecule has 0 atom stereocenters. The van der Waals surface area contributed by atoms with E-state index in [0.717, 1.165) is 56.2 Å². The Hall–Kier alpha value is -6.57. The Morgan fingerprint density at radius 3 is 1.74 bits per heavy atom. The monoisotopic (exact) mass is 720 g/mol. The Labute approximate surface area is 311 Å². The first-order chi connectivity index (χ1) is 26.0. The van der Waals surface area contributed by atoms with E-state index in [9.17, 15) is 5.26 Å². The Balaban J connectivity index is 1.68. The van der Waals surface area contributed by atoms with Gasteiger partial charge in [-0.05, 0) is 59.2 Å². The zero-order valence-corrected chi connectivity index (χ0v) is 30.8. The highest BCUT2D eigenvalue weighted by atomic mass is 32.1. The van der Waals surface area contributed by atoms with Gasteiger partial charge in [0.05, 0.1) is 66.0 Å². The quantitative estimate of drug-likeness (QED) is 0.129. The molecule has 0 saturated carbocycles. The second kappa shape index (κ2) is 15.0. The van der Waals surface area contributed by atoms with Crippen molar-refractivity contribution < 1.29 is 28.4 Å². The molecule has 0 spiro atoms. The zero-order valence-electron chi connectivity index (χ0n) is 29.9. The average molecular weight is 721 g/mol. The summed E-state index contributed by atoms with van der Waals surface area (Å²) in [5.74, 6) is 3.52. The van der Waals surface area contributed by atoms with Crippen molar-refractivity contribution in [2.24, 2.45) is 0 Å². The molecular formula is C43H34N3O6S. The summed E-state index contributed by atoms with van der Waals surface area (Å²) in [6, 6.07) is 36.7. The average Bonchev–Trinajstić information content (AvgIpc) is 3.72. The summed E-state index contributed by atoms with van der Waals surface area (Å²) in [5.41, 5.74) is 9.41. The number of methoxy groups -OCH3 is 6. The topological polar surface area (TPSA) is 105 Å². The third-order valence-corrected chi connectivity index (χ3v) is 9.62. The van der Waals surface area contributed by atoms with Crippen LogP contribution < -0.4 is 28.4 Å². The van der Waals surface area contributed by atoms with Gasteiger partial charge in [-0.1, -0.05) is 48.5 Å². The van der Waals surface area contributed by atoms with Crippen LogP contribution in [0.25, 0.3) is 66.7 Å². The Bertz CT molecular complexity index is 2480. The van der Waals surface area contributed by atoms with E-state index >= 15 is 0 Å². The van der Waals surface area contributed by atoms with Crippen LogP contribution in [0.3, 0.4) is 0 Å². The van der Waals surface area contributed by atoms with E-state index < -0.39 is 0 Å². The zero-order chi connectivity index (χ0) is 37.1. The van der Waals surface area contributed by atoms with Crippen LogP contribution in [0.15, 0.2) is 97.1 Å². The summed E-state index contributed by atoms with van der Waals surface area (Å²) in [6.07, 6.45) is 0. The summed E-state index contributed by atoms with van der Waals surface area (Å²) >= 11 is 1.11. The van der Waals surface area contributed by atoms with Crippen LogP contribution in [0.1, 0.15) is 5.56 Å². The van der Waals surface area contributed by atoms with Crippen molar-refractivity contribution in [2.45, 2.75) is 0 Å². The largest absolute Gasteiger partial charge is 0.497 e. The molecule has 9 nitrogen and oxygen atoms in total. The van der Waals surface area contributed by atoms with E-state index in [0.29, 0.717) is 62.2 Å². The number of hydrogen-bond acceptors (Lipinski definition) is 10. The van der Waals surface area contributed by atoms with Gasteiger partial charge in [-0.25, -0.2) is 0 Å². The number of rotatable bonds is 11. The van der Waals surface area contributed by atoms with Gasteiger partial charge < -0.3 is 28.4 Å². The molecule has 1 radical (unpaired) electrons. The lowest BCUT2D eigenvalue weighted by molar-refractivity contribution is 0.357. The van der Waals surface area contributed by atoms with Gasteiger partial charge in [0, 0.05) is 51.1 Å². The van der Waals surface area contributed by atoms with Crippen molar-refractivity contribution in [1.82, 2.24) is 8.75 Å². The normalized spacial score (nSPS) is 10.8. The van der Waals surface area contributed by atoms with Crippen LogP contribution in [0, 0.1) is 17.4 Å². The number of hydrogen-bond donors (Lipinski definition) is 0. The highest BCUT2D eigenvalue weighted by Gasteiger charge is 2.29. The summed E-state index contributed by atoms with van der Waals surface area (Å²) in [4.78, 5) is 0. The lowest BCUT2D eigenvalue weighted by Gasteiger charge is -2.23. The predicted molar refractivity (Wildman–Crippen MR) is 207 cm³/mol. The first kappa shape index (κ1) is 34.9. The Morgan fingerprint density at radius 2 is 1.13 bits per heavy atom. The van der Waals surface area contributed by atoms with Gasteiger partial charge in [0.1, 0.15) is 34.0 Å². The van der Waals surface area contributed by atoms with Crippen LogP contribution in [-0.4, -0.2) is 51.4 Å². The molecule has 53 heavy (non-hydrogen) atoms. The van der Waals surface area contributed by atoms with E-state index in [4.69, 9.17) is 37.2 Å². The van der Waals surface area contributed by atoms with Gasteiger partial charge in [0.15, 0.2) is 11.5 Å². The molecule has 0 aliphatic heterocycles. The number of ether oxygens (including phenoxy) is 6. The fourth-order valence-electron chi connectivity index (χ4n) is 6.66. The molecule has 0 fully saturated rings. The number of benzene rings is 6. The molecule has 0 saturated heterocycles. The van der Waals surface area contributed by atoms with Gasteiger partial charge in [-0.3, -0.25) is 0 Å². The molecule has 0 unspecified atom stereocenters. The van der Waals surface area contributed by atoms with Gasteiger partial charge in [0.2, 0.25) is 0 Å². The number of fused-ring (bicyclic) bond motifs is 1. The Morgan fingerprint density at radius 1 is 0.528 bits per heavy atom. The highest BCUT2D eigenvalue weighted by molar-refractivity contribution is 7.00. The summed E-state index contributed by atoms with van der Waals surface area (Å²) < 4.78 is 45.4. The number of aromatic nitrogens is 2. The van der Waals surface area contributed by atoms with E-state index in [1.54, 1.807) is 54.8 Å². The van der Waals surface area contributed by atoms with Gasteiger partial charge in [-0.2, -0.15) is 14.0 Å². The standard InChI is InChI=1S/C43H34N3O6S/c1-47-28-19-27(20-29(21-28)48-2)32-22-34(40-41(46-53-45-40)38(32)26-17-15-25(24-44)16-18-26)33-23-35(30-11-7-9-13-36(30)49-3)42(51-5)43(52-6)39(33)31-12-8-10-14-37(31)50-4/h7-21,23H,1-6H3. The van der Waals surface area contributed by atoms with Crippen LogP contribution >= 0.6 is 11.7 Å². The van der Waals surface area contributed by atoms with Crippen molar-refractivity contribution in [3.05, 3.63) is 109 Å². The predicted octanol–water partition coefficient (Wildman–Crippen LogP) is 9.75. The molecule has 7 rings (SSSR count). The van der Waals surface area contributed by atoms with Crippen LogP contribution in [0.5, 0.6) is 34.5 Å². The van der Waals surface area contributed by atoms with Crippen molar-refractivity contribution in [1.29, 1.82) is 5.26 Å². The molecular weight excluding hydrogens is 687 g/mol. The summed E-state index contributed by atoms with van der Waals surface area (Å²) in [6.45, 7) is 0. The summed E-state index contributed by atoms with van der Waals surface area (Å²) in [5, 5.41) is 9.58. The second-order valence-corrected chi connectivity index (χ2v) is 12.3. The van der Waals surface area contributed by atoms with E-state index in [1.807, 2.05) is 78.9 Å². The minimum atomic E-state index is 0.487. The molecule has 0 aliphatic carbocycles. The third-order valence-electron chi connectivity index (χ3n) is 9.09. The smallest absolute Gasteiger partial charge is 0.169 e. The first-order valence-corrected chi connectivity index (χ1v) is 17.2. The summed E-state index contributed by atoms with van der Waals surface area (Å²) in [7, 11) is 9.76. The molecule has 1 heterocycles. The molecule has 263 valence electrons. The van der Waals surface area contributed by atoms with E-state index in [2.05, 4.69) is 18.2 Å². The van der Waals surface area contributed by atoms with Gasteiger partial charge in [-0.15, -0.1) is 0 Å². The molecule has 0 aliphatic rings. The molecule has 0 bridgehead atoms. The number of nitrogens with zero attached hydrogens (tertiary/aromatic N) is 3. The minimum absolute atomic E-state index is 0.487. The van der Waals surface area contributed by atoms with E-state index in [1.165, 1.54) is 0 Å². The number of nitriles is 1. The number of para-hydroxylation sites is 2. The second-order valence-electron chi connectivity index (χ2n) is 11.8. The third kappa shape index (κ3) is 6.21. The molecule has 6 aromatic carbocycles. The van der Waals surface area contributed by atoms with Gasteiger partial charge in [0.25, 0.3) is 0 Å². The van der Waals surface area contributed by atoms with Crippen LogP contribution in [-0.2, 0) is 0 Å². The molecule has 0 amide bonds. The van der Waals surface area contributed by atoms with Crippen molar-refractivity contribution >= 4 is 22.8 Å². The van der Waals surface area contributed by atoms with E-state index in [-0.39, 0.29) is 0 Å².